The number of anilines is 1. The summed E-state index contributed by atoms with van der Waals surface area (Å²) in [5.41, 5.74) is 3.12. The van der Waals surface area contributed by atoms with Crippen molar-refractivity contribution in [2.24, 2.45) is 5.92 Å². The molecule has 1 saturated carbocycles. The molecule has 2 aromatic rings. The lowest BCUT2D eigenvalue weighted by molar-refractivity contribution is -0.113. The normalized spacial score (nSPS) is 14.8. The quantitative estimate of drug-likeness (QED) is 0.506. The van der Waals surface area contributed by atoms with Crippen LogP contribution < -0.4 is 5.32 Å². The predicted octanol–water partition coefficient (Wildman–Crippen LogP) is 4.93. The summed E-state index contributed by atoms with van der Waals surface area (Å²) < 4.78 is 2.11. The molecule has 0 atom stereocenters. The van der Waals surface area contributed by atoms with Crippen LogP contribution in [0, 0.1) is 19.8 Å². The molecule has 5 nitrogen and oxygen atoms in total. The van der Waals surface area contributed by atoms with E-state index in [4.69, 9.17) is 0 Å². The number of aromatic nitrogens is 3. The molecular weight excluding hydrogens is 368 g/mol. The highest BCUT2D eigenvalue weighted by atomic mass is 32.2. The summed E-state index contributed by atoms with van der Waals surface area (Å²) in [6.07, 6.45) is 9.39. The molecule has 1 amide bonds. The average molecular weight is 399 g/mol. The molecule has 0 aliphatic heterocycles. The maximum Gasteiger partial charge on any atom is 0.234 e. The number of hydrogen-bond acceptors (Lipinski definition) is 4. The van der Waals surface area contributed by atoms with Crippen molar-refractivity contribution >= 4 is 23.4 Å². The molecule has 0 radical (unpaired) electrons. The molecule has 1 fully saturated rings. The van der Waals surface area contributed by atoms with Gasteiger partial charge in [0.05, 0.1) is 5.75 Å². The molecule has 1 N–H and O–H groups in total. The minimum Gasteiger partial charge on any atom is -0.325 e. The van der Waals surface area contributed by atoms with Gasteiger partial charge in [-0.15, -0.1) is 16.8 Å². The Bertz CT molecular complexity index is 824. The van der Waals surface area contributed by atoms with Crippen molar-refractivity contribution in [1.82, 2.24) is 14.8 Å². The Morgan fingerprint density at radius 1 is 1.29 bits per heavy atom. The highest BCUT2D eigenvalue weighted by molar-refractivity contribution is 7.99. The van der Waals surface area contributed by atoms with E-state index in [1.165, 1.54) is 49.4 Å². The van der Waals surface area contributed by atoms with E-state index < -0.39 is 0 Å². The van der Waals surface area contributed by atoms with Gasteiger partial charge in [0.15, 0.2) is 5.16 Å². The van der Waals surface area contributed by atoms with Gasteiger partial charge in [-0.1, -0.05) is 67.6 Å². The van der Waals surface area contributed by atoms with Gasteiger partial charge in [0.1, 0.15) is 5.82 Å². The van der Waals surface area contributed by atoms with Crippen LogP contribution in [0.2, 0.25) is 0 Å². The second-order valence-corrected chi connectivity index (χ2v) is 8.60. The number of thioether (sulfide) groups is 1. The van der Waals surface area contributed by atoms with Crippen molar-refractivity contribution in [1.29, 1.82) is 0 Å². The number of hydrogen-bond donors (Lipinski definition) is 1. The van der Waals surface area contributed by atoms with E-state index in [9.17, 15) is 4.79 Å². The maximum absolute atomic E-state index is 12.4. The highest BCUT2D eigenvalue weighted by Gasteiger charge is 2.19. The molecule has 1 aromatic heterocycles. The van der Waals surface area contributed by atoms with Gasteiger partial charge < -0.3 is 9.88 Å². The maximum atomic E-state index is 12.4. The Morgan fingerprint density at radius 2 is 2.07 bits per heavy atom. The summed E-state index contributed by atoms with van der Waals surface area (Å²) in [5, 5.41) is 12.6. The van der Waals surface area contributed by atoms with Gasteiger partial charge in [-0.25, -0.2) is 0 Å². The topological polar surface area (TPSA) is 59.8 Å². The number of nitrogens with one attached hydrogen (secondary N) is 1. The summed E-state index contributed by atoms with van der Waals surface area (Å²) in [5.74, 6) is 2.00. The number of benzene rings is 1. The summed E-state index contributed by atoms with van der Waals surface area (Å²) in [6, 6.07) is 6.03. The summed E-state index contributed by atoms with van der Waals surface area (Å²) in [7, 11) is 0. The van der Waals surface area contributed by atoms with Gasteiger partial charge in [0.25, 0.3) is 0 Å². The third-order valence-corrected chi connectivity index (χ3v) is 6.26. The highest BCUT2D eigenvalue weighted by Crippen LogP contribution is 2.28. The summed E-state index contributed by atoms with van der Waals surface area (Å²) in [4.78, 5) is 12.4. The largest absolute Gasteiger partial charge is 0.325 e. The number of nitrogens with zero attached hydrogens (tertiary/aromatic N) is 3. The minimum absolute atomic E-state index is 0.0288. The molecule has 1 aliphatic rings. The van der Waals surface area contributed by atoms with E-state index in [-0.39, 0.29) is 5.91 Å². The SMILES string of the molecule is C=CCn1c(CC2CCCCC2)nnc1SCC(=O)Nc1ccc(C)cc1C. The van der Waals surface area contributed by atoms with Crippen LogP contribution >= 0.6 is 11.8 Å². The van der Waals surface area contributed by atoms with E-state index in [0.717, 1.165) is 28.7 Å². The van der Waals surface area contributed by atoms with Crippen molar-refractivity contribution in [3.63, 3.8) is 0 Å². The first-order chi connectivity index (χ1) is 13.6. The molecule has 0 spiro atoms. The van der Waals surface area contributed by atoms with Crippen LogP contribution in [-0.2, 0) is 17.8 Å². The number of amides is 1. The Morgan fingerprint density at radius 3 is 2.79 bits per heavy atom. The number of allylic oxidation sites excluding steroid dienone is 1. The van der Waals surface area contributed by atoms with Crippen LogP contribution in [0.5, 0.6) is 0 Å². The molecule has 1 heterocycles. The molecule has 28 heavy (non-hydrogen) atoms. The van der Waals surface area contributed by atoms with Crippen molar-refractivity contribution in [2.45, 2.75) is 64.1 Å². The molecule has 0 unspecified atom stereocenters. The van der Waals surface area contributed by atoms with Crippen molar-refractivity contribution in [3.8, 4) is 0 Å². The van der Waals surface area contributed by atoms with Crippen molar-refractivity contribution < 1.29 is 4.79 Å². The molecule has 0 bridgehead atoms. The van der Waals surface area contributed by atoms with E-state index in [1.54, 1.807) is 0 Å². The van der Waals surface area contributed by atoms with Gasteiger partial charge in [0, 0.05) is 18.7 Å². The van der Waals surface area contributed by atoms with Crippen LogP contribution in [0.4, 0.5) is 5.69 Å². The third kappa shape index (κ3) is 5.47. The first-order valence-corrected chi connectivity index (χ1v) is 11.1. The fraction of sp³-hybridized carbons (Fsp3) is 0.500. The van der Waals surface area contributed by atoms with Gasteiger partial charge >= 0.3 is 0 Å². The van der Waals surface area contributed by atoms with Crippen LogP contribution in [-0.4, -0.2) is 26.4 Å². The lowest BCUT2D eigenvalue weighted by Crippen LogP contribution is -2.16. The third-order valence-electron chi connectivity index (χ3n) is 5.29. The molecule has 1 aromatic carbocycles. The Balaban J connectivity index is 1.61. The monoisotopic (exact) mass is 398 g/mol. The van der Waals surface area contributed by atoms with Crippen LogP contribution in [0.3, 0.4) is 0 Å². The molecule has 1 aliphatic carbocycles. The molecular formula is C22H30N4OS. The van der Waals surface area contributed by atoms with Crippen molar-refractivity contribution in [3.05, 3.63) is 47.8 Å². The lowest BCUT2D eigenvalue weighted by Gasteiger charge is -2.21. The lowest BCUT2D eigenvalue weighted by atomic mass is 9.87. The van der Waals surface area contributed by atoms with Gasteiger partial charge in [0.2, 0.25) is 5.91 Å². The van der Waals surface area contributed by atoms with Crippen molar-refractivity contribution in [2.75, 3.05) is 11.1 Å². The summed E-state index contributed by atoms with van der Waals surface area (Å²) >= 11 is 1.44. The van der Waals surface area contributed by atoms with Gasteiger partial charge in [-0.05, 0) is 31.4 Å². The van der Waals surface area contributed by atoms with Gasteiger partial charge in [-0.3, -0.25) is 4.79 Å². The Labute approximate surface area is 172 Å². The molecule has 0 saturated heterocycles. The fourth-order valence-corrected chi connectivity index (χ4v) is 4.58. The minimum atomic E-state index is -0.0288. The average Bonchev–Trinajstić information content (AvgIpc) is 3.05. The van der Waals surface area contributed by atoms with E-state index >= 15 is 0 Å². The zero-order chi connectivity index (χ0) is 19.9. The first kappa shape index (κ1) is 20.6. The van der Waals surface area contributed by atoms with E-state index in [0.29, 0.717) is 18.2 Å². The number of rotatable bonds is 8. The molecule has 6 heteroatoms. The second-order valence-electron chi connectivity index (χ2n) is 7.66. The van der Waals surface area contributed by atoms with Crippen LogP contribution in [0.25, 0.3) is 0 Å². The zero-order valence-electron chi connectivity index (χ0n) is 16.9. The predicted molar refractivity (Wildman–Crippen MR) is 116 cm³/mol. The van der Waals surface area contributed by atoms with Crippen LogP contribution in [0.1, 0.15) is 49.1 Å². The first-order valence-electron chi connectivity index (χ1n) is 10.1. The Kier molecular flexibility index (Phi) is 7.31. The van der Waals surface area contributed by atoms with E-state index in [2.05, 4.69) is 32.7 Å². The van der Waals surface area contributed by atoms with Crippen LogP contribution in [0.15, 0.2) is 36.0 Å². The standard InChI is InChI=1S/C22H30N4OS/c1-4-12-26-20(14-18-8-6-5-7-9-18)24-25-22(26)28-15-21(27)23-19-11-10-16(2)13-17(19)3/h4,10-11,13,18H,1,5-9,12,14-15H2,2-3H3,(H,23,27). The zero-order valence-corrected chi connectivity index (χ0v) is 17.7. The number of carbonyl (C=O) groups excluding carboxylic acids is 1. The van der Waals surface area contributed by atoms with E-state index in [1.807, 2.05) is 32.1 Å². The van der Waals surface area contributed by atoms with Gasteiger partial charge in [-0.2, -0.15) is 0 Å². The fourth-order valence-electron chi connectivity index (χ4n) is 3.81. The molecule has 3 rings (SSSR count). The smallest absolute Gasteiger partial charge is 0.234 e. The Hall–Kier alpha value is -2.08. The number of carbonyl (C=O) groups is 1. The molecule has 150 valence electrons. The summed E-state index contributed by atoms with van der Waals surface area (Å²) in [6.45, 7) is 8.60. The second kappa shape index (κ2) is 9.92. The number of aryl methyl sites for hydroxylation is 2.